The lowest BCUT2D eigenvalue weighted by molar-refractivity contribution is 1.04. The van der Waals surface area contributed by atoms with Crippen LogP contribution in [0.3, 0.4) is 0 Å². The van der Waals surface area contributed by atoms with E-state index in [4.69, 9.17) is 0 Å². The lowest BCUT2D eigenvalue weighted by Crippen LogP contribution is -2.16. The standard InChI is InChI=1S/C13H12N2O/c1-10(2)6-7-11-9-14-12-5-3-4-8-15(12)13(11)16/h3-9H,1H2,2H3. The van der Waals surface area contributed by atoms with E-state index in [1.165, 1.54) is 4.40 Å². The van der Waals surface area contributed by atoms with Crippen molar-refractivity contribution in [2.45, 2.75) is 6.92 Å². The molecule has 16 heavy (non-hydrogen) atoms. The molecule has 0 aromatic carbocycles. The fraction of sp³-hybridized carbons (Fsp3) is 0.0769. The van der Waals surface area contributed by atoms with E-state index in [-0.39, 0.29) is 5.56 Å². The molecule has 3 heteroatoms. The molecule has 3 nitrogen and oxygen atoms in total. The lowest BCUT2D eigenvalue weighted by Gasteiger charge is -1.99. The van der Waals surface area contributed by atoms with Gasteiger partial charge in [-0.2, -0.15) is 0 Å². The Kier molecular flexibility index (Phi) is 2.68. The molecule has 0 radical (unpaired) electrons. The van der Waals surface area contributed by atoms with Gasteiger partial charge in [0.05, 0.1) is 5.56 Å². The Balaban J connectivity index is 2.61. The van der Waals surface area contributed by atoms with E-state index in [1.807, 2.05) is 19.1 Å². The first kappa shape index (κ1) is 10.4. The average molecular weight is 212 g/mol. The lowest BCUT2D eigenvalue weighted by atomic mass is 10.2. The third kappa shape index (κ3) is 1.93. The molecule has 0 aliphatic heterocycles. The molecule has 2 heterocycles. The van der Waals surface area contributed by atoms with Gasteiger partial charge < -0.3 is 0 Å². The van der Waals surface area contributed by atoms with Gasteiger partial charge in [-0.15, -0.1) is 0 Å². The van der Waals surface area contributed by atoms with Gasteiger partial charge in [0.25, 0.3) is 5.56 Å². The highest BCUT2D eigenvalue weighted by atomic mass is 16.1. The number of allylic oxidation sites excluding steroid dienone is 2. The van der Waals surface area contributed by atoms with Crippen LogP contribution in [0.15, 0.2) is 53.6 Å². The monoisotopic (exact) mass is 212 g/mol. The van der Waals surface area contributed by atoms with Gasteiger partial charge >= 0.3 is 0 Å². The number of fused-ring (bicyclic) bond motifs is 1. The van der Waals surface area contributed by atoms with E-state index in [2.05, 4.69) is 11.6 Å². The molecule has 0 spiro atoms. The maximum atomic E-state index is 12.0. The van der Waals surface area contributed by atoms with Gasteiger partial charge in [0.2, 0.25) is 0 Å². The molecule has 0 atom stereocenters. The highest BCUT2D eigenvalue weighted by molar-refractivity contribution is 5.52. The zero-order valence-corrected chi connectivity index (χ0v) is 9.05. The molecule has 0 amide bonds. The molecule has 2 aromatic heterocycles. The van der Waals surface area contributed by atoms with E-state index in [0.717, 1.165) is 5.57 Å². The fourth-order valence-corrected chi connectivity index (χ4v) is 1.39. The van der Waals surface area contributed by atoms with Crippen LogP contribution in [-0.4, -0.2) is 9.38 Å². The number of nitrogens with zero attached hydrogens (tertiary/aromatic N) is 2. The van der Waals surface area contributed by atoms with E-state index in [0.29, 0.717) is 11.2 Å². The summed E-state index contributed by atoms with van der Waals surface area (Å²) in [5.74, 6) is 0. The van der Waals surface area contributed by atoms with Crippen LogP contribution in [-0.2, 0) is 0 Å². The maximum Gasteiger partial charge on any atom is 0.265 e. The van der Waals surface area contributed by atoms with Gasteiger partial charge in [0.1, 0.15) is 5.65 Å². The zero-order chi connectivity index (χ0) is 11.5. The Labute approximate surface area is 93.4 Å². The normalized spacial score (nSPS) is 11.1. The first-order valence-corrected chi connectivity index (χ1v) is 4.98. The quantitative estimate of drug-likeness (QED) is 0.716. The molecule has 0 aliphatic carbocycles. The first-order chi connectivity index (χ1) is 7.68. The highest BCUT2D eigenvalue weighted by Crippen LogP contribution is 2.00. The number of pyridine rings is 1. The summed E-state index contributed by atoms with van der Waals surface area (Å²) >= 11 is 0. The van der Waals surface area contributed by atoms with Crippen LogP contribution in [0.2, 0.25) is 0 Å². The molecule has 0 saturated heterocycles. The largest absolute Gasteiger partial charge is 0.268 e. The summed E-state index contributed by atoms with van der Waals surface area (Å²) in [7, 11) is 0. The second kappa shape index (κ2) is 4.14. The van der Waals surface area contributed by atoms with Crippen molar-refractivity contribution in [3.05, 3.63) is 64.7 Å². The smallest absolute Gasteiger partial charge is 0.265 e. The fourth-order valence-electron chi connectivity index (χ4n) is 1.39. The Morgan fingerprint density at radius 1 is 1.50 bits per heavy atom. The Bertz CT molecular complexity index is 623. The molecular formula is C13H12N2O. The van der Waals surface area contributed by atoms with E-state index < -0.39 is 0 Å². The first-order valence-electron chi connectivity index (χ1n) is 4.98. The minimum absolute atomic E-state index is 0.0666. The molecule has 0 unspecified atom stereocenters. The minimum Gasteiger partial charge on any atom is -0.268 e. The van der Waals surface area contributed by atoms with Crippen LogP contribution in [0.1, 0.15) is 12.5 Å². The van der Waals surface area contributed by atoms with Crippen LogP contribution in [0.4, 0.5) is 0 Å². The molecule has 0 N–H and O–H groups in total. The molecule has 0 bridgehead atoms. The van der Waals surface area contributed by atoms with Gasteiger partial charge in [-0.1, -0.05) is 24.3 Å². The molecule has 2 rings (SSSR count). The van der Waals surface area contributed by atoms with Crippen LogP contribution in [0, 0.1) is 0 Å². The van der Waals surface area contributed by atoms with Gasteiger partial charge in [-0.25, -0.2) is 4.98 Å². The highest BCUT2D eigenvalue weighted by Gasteiger charge is 2.00. The van der Waals surface area contributed by atoms with E-state index in [9.17, 15) is 4.79 Å². The molecular weight excluding hydrogens is 200 g/mol. The SMILES string of the molecule is C=C(C)C=Cc1cnc2ccccn2c1=O. The summed E-state index contributed by atoms with van der Waals surface area (Å²) in [4.78, 5) is 16.2. The summed E-state index contributed by atoms with van der Waals surface area (Å²) in [6.45, 7) is 5.62. The predicted molar refractivity (Wildman–Crippen MR) is 65.3 cm³/mol. The van der Waals surface area contributed by atoms with Crippen molar-refractivity contribution < 1.29 is 0 Å². The van der Waals surface area contributed by atoms with Crippen molar-refractivity contribution in [2.75, 3.05) is 0 Å². The maximum absolute atomic E-state index is 12.0. The van der Waals surface area contributed by atoms with E-state index in [1.54, 1.807) is 30.6 Å². The Hall–Kier alpha value is -2.16. The minimum atomic E-state index is -0.0666. The summed E-state index contributed by atoms with van der Waals surface area (Å²) < 4.78 is 1.53. The van der Waals surface area contributed by atoms with Crippen molar-refractivity contribution in [1.29, 1.82) is 0 Å². The van der Waals surface area contributed by atoms with Crippen molar-refractivity contribution >= 4 is 11.7 Å². The van der Waals surface area contributed by atoms with E-state index >= 15 is 0 Å². The predicted octanol–water partition coefficient (Wildman–Crippen LogP) is 2.28. The number of rotatable bonds is 2. The Morgan fingerprint density at radius 3 is 3.06 bits per heavy atom. The second-order valence-corrected chi connectivity index (χ2v) is 3.63. The van der Waals surface area contributed by atoms with Gasteiger partial charge in [0.15, 0.2) is 0 Å². The topological polar surface area (TPSA) is 34.4 Å². The third-order valence-corrected chi connectivity index (χ3v) is 2.19. The van der Waals surface area contributed by atoms with Gasteiger partial charge in [-0.3, -0.25) is 9.20 Å². The zero-order valence-electron chi connectivity index (χ0n) is 9.05. The van der Waals surface area contributed by atoms with Crippen molar-refractivity contribution in [1.82, 2.24) is 9.38 Å². The van der Waals surface area contributed by atoms with Crippen molar-refractivity contribution in [3.8, 4) is 0 Å². The van der Waals surface area contributed by atoms with Crippen LogP contribution in [0.25, 0.3) is 11.7 Å². The number of aromatic nitrogens is 2. The second-order valence-electron chi connectivity index (χ2n) is 3.63. The third-order valence-electron chi connectivity index (χ3n) is 2.19. The molecule has 0 aliphatic rings. The summed E-state index contributed by atoms with van der Waals surface area (Å²) in [5.41, 5.74) is 2.05. The molecule has 2 aromatic rings. The summed E-state index contributed by atoms with van der Waals surface area (Å²) in [5, 5.41) is 0. The molecule has 0 saturated carbocycles. The van der Waals surface area contributed by atoms with Gasteiger partial charge in [0, 0.05) is 12.4 Å². The Morgan fingerprint density at radius 2 is 2.31 bits per heavy atom. The van der Waals surface area contributed by atoms with Crippen LogP contribution >= 0.6 is 0 Å². The number of hydrogen-bond donors (Lipinski definition) is 0. The van der Waals surface area contributed by atoms with Gasteiger partial charge in [-0.05, 0) is 25.1 Å². The van der Waals surface area contributed by atoms with Crippen LogP contribution < -0.4 is 5.56 Å². The van der Waals surface area contributed by atoms with Crippen molar-refractivity contribution in [3.63, 3.8) is 0 Å². The van der Waals surface area contributed by atoms with Crippen LogP contribution in [0.5, 0.6) is 0 Å². The summed E-state index contributed by atoms with van der Waals surface area (Å²) in [6, 6.07) is 5.46. The average Bonchev–Trinajstić information content (AvgIpc) is 2.28. The summed E-state index contributed by atoms with van der Waals surface area (Å²) in [6.07, 6.45) is 6.82. The molecule has 80 valence electrons. The number of hydrogen-bond acceptors (Lipinski definition) is 2. The van der Waals surface area contributed by atoms with Crippen molar-refractivity contribution in [2.24, 2.45) is 0 Å². The molecule has 0 fully saturated rings.